The van der Waals surface area contributed by atoms with Crippen LogP contribution in [0.25, 0.3) is 0 Å². The Kier molecular flexibility index (Phi) is 9.00. The lowest BCUT2D eigenvalue weighted by Crippen LogP contribution is -2.73. The molecule has 0 aromatic rings. The van der Waals surface area contributed by atoms with Crippen LogP contribution in [0.2, 0.25) is 0 Å². The fraction of sp³-hybridized carbons (Fsp3) is 1.00. The molecule has 3 nitrogen and oxygen atoms in total. The van der Waals surface area contributed by atoms with Gasteiger partial charge in [-0.3, -0.25) is 0 Å². The van der Waals surface area contributed by atoms with E-state index in [1.165, 1.54) is 0 Å². The molecule has 0 aromatic heterocycles. The molecule has 19 heteroatoms. The number of aliphatic hydroxyl groups excluding tert-OH is 1. The Morgan fingerprint density at radius 2 is 1.17 bits per heavy atom. The molecule has 0 spiro atoms. The Balaban J connectivity index is 3.15. The smallest absolute Gasteiger partial charge is 0.384 e. The van der Waals surface area contributed by atoms with Crippen LogP contribution in [-0.4, -0.2) is 85.0 Å². The van der Waals surface area contributed by atoms with Gasteiger partial charge in [0, 0.05) is 6.42 Å². The lowest BCUT2D eigenvalue weighted by Gasteiger charge is -2.42. The van der Waals surface area contributed by atoms with Crippen molar-refractivity contribution < 1.29 is 84.8 Å². The van der Waals surface area contributed by atoms with Crippen molar-refractivity contribution in [3.05, 3.63) is 0 Å². The summed E-state index contributed by atoms with van der Waals surface area (Å²) in [6.45, 7) is -0.921. The third-order valence-corrected chi connectivity index (χ3v) is 4.87. The van der Waals surface area contributed by atoms with Crippen molar-refractivity contribution in [2.75, 3.05) is 19.8 Å². The summed E-state index contributed by atoms with van der Waals surface area (Å²) in [4.78, 5) is 0. The van der Waals surface area contributed by atoms with Crippen molar-refractivity contribution in [3.8, 4) is 0 Å². The molecule has 1 heterocycles. The predicted octanol–water partition coefficient (Wildman–Crippen LogP) is 5.65. The minimum Gasteiger partial charge on any atom is -0.394 e. The van der Waals surface area contributed by atoms with E-state index in [0.29, 0.717) is 0 Å². The number of epoxide rings is 1. The van der Waals surface area contributed by atoms with Crippen LogP contribution in [0.4, 0.5) is 70.2 Å². The largest absolute Gasteiger partial charge is 0.394 e. The average Bonchev–Trinajstić information content (AvgIpc) is 3.53. The van der Waals surface area contributed by atoms with Crippen LogP contribution in [0.15, 0.2) is 0 Å². The Morgan fingerprint density at radius 3 is 1.57 bits per heavy atom. The highest BCUT2D eigenvalue weighted by Gasteiger charge is 2.93. The molecule has 1 fully saturated rings. The van der Waals surface area contributed by atoms with Gasteiger partial charge in [0.15, 0.2) is 0 Å². The average molecular weight is 560 g/mol. The predicted molar refractivity (Wildman–Crippen MR) is 81.0 cm³/mol. The lowest BCUT2D eigenvalue weighted by molar-refractivity contribution is -0.447. The third kappa shape index (κ3) is 5.40. The molecule has 1 aliphatic heterocycles. The topological polar surface area (TPSA) is 42.0 Å². The molecule has 0 saturated carbocycles. The molecule has 35 heavy (non-hydrogen) atoms. The second-order valence-corrected chi connectivity index (χ2v) is 7.49. The Morgan fingerprint density at radius 1 is 0.743 bits per heavy atom. The van der Waals surface area contributed by atoms with Crippen LogP contribution < -0.4 is 0 Å². The van der Waals surface area contributed by atoms with Crippen LogP contribution in [-0.2, 0) is 9.47 Å². The first-order valence-corrected chi connectivity index (χ1v) is 9.22. The number of hydrogen-bond acceptors (Lipinski definition) is 3. The van der Waals surface area contributed by atoms with E-state index in [1.54, 1.807) is 0 Å². The first-order chi connectivity index (χ1) is 15.5. The van der Waals surface area contributed by atoms with Gasteiger partial charge in [0.2, 0.25) is 0 Å². The molecule has 1 rings (SSSR count). The maximum absolute atomic E-state index is 13.8. The van der Waals surface area contributed by atoms with Crippen LogP contribution in [0.1, 0.15) is 19.3 Å². The van der Waals surface area contributed by atoms with Gasteiger partial charge in [-0.2, -0.15) is 61.5 Å². The zero-order chi connectivity index (χ0) is 27.9. The van der Waals surface area contributed by atoms with Crippen LogP contribution in [0.3, 0.4) is 0 Å². The SMILES string of the molecule is OCC(CCCC(F)(F)C(F)(F)C(F)(F)C(F)(F)C(F)(F)C(F)(F)C(F)(F)C(F)F)OCC1CO1. The molecule has 210 valence electrons. The van der Waals surface area contributed by atoms with E-state index in [-0.39, 0.29) is 13.2 Å². The van der Waals surface area contributed by atoms with Gasteiger partial charge in [-0.25, -0.2) is 8.78 Å². The first kappa shape index (κ1) is 31.8. The molecule has 0 radical (unpaired) electrons. The van der Waals surface area contributed by atoms with E-state index in [1.807, 2.05) is 0 Å². The van der Waals surface area contributed by atoms with Crippen molar-refractivity contribution in [2.45, 2.75) is 79.4 Å². The number of aliphatic hydroxyl groups is 1. The molecule has 0 amide bonds. The zero-order valence-electron chi connectivity index (χ0n) is 16.8. The summed E-state index contributed by atoms with van der Waals surface area (Å²) in [7, 11) is 0. The Labute approximate surface area is 185 Å². The van der Waals surface area contributed by atoms with E-state index in [4.69, 9.17) is 9.84 Å². The van der Waals surface area contributed by atoms with Gasteiger partial charge in [-0.15, -0.1) is 0 Å². The highest BCUT2D eigenvalue weighted by molar-refractivity contribution is 5.14. The summed E-state index contributed by atoms with van der Waals surface area (Å²) < 4.78 is 221. The van der Waals surface area contributed by atoms with Crippen molar-refractivity contribution in [1.82, 2.24) is 0 Å². The molecule has 0 aromatic carbocycles. The summed E-state index contributed by atoms with van der Waals surface area (Å²) in [6.07, 6.45) is -12.3. The highest BCUT2D eigenvalue weighted by atomic mass is 19.4. The van der Waals surface area contributed by atoms with Crippen molar-refractivity contribution in [1.29, 1.82) is 0 Å². The highest BCUT2D eigenvalue weighted by Crippen LogP contribution is 2.63. The quantitative estimate of drug-likeness (QED) is 0.208. The van der Waals surface area contributed by atoms with Gasteiger partial charge in [0.1, 0.15) is 6.10 Å². The summed E-state index contributed by atoms with van der Waals surface area (Å²) in [6, 6.07) is 0. The molecule has 0 bridgehead atoms. The normalized spacial score (nSPS) is 19.9. The first-order valence-electron chi connectivity index (χ1n) is 9.22. The maximum atomic E-state index is 13.8. The van der Waals surface area contributed by atoms with Gasteiger partial charge >= 0.3 is 47.9 Å². The van der Waals surface area contributed by atoms with Crippen molar-refractivity contribution >= 4 is 0 Å². The van der Waals surface area contributed by atoms with Gasteiger partial charge < -0.3 is 14.6 Å². The zero-order valence-corrected chi connectivity index (χ0v) is 16.8. The number of ether oxygens (including phenoxy) is 2. The van der Waals surface area contributed by atoms with Gasteiger partial charge in [-0.05, 0) is 12.8 Å². The van der Waals surface area contributed by atoms with E-state index in [2.05, 4.69) is 4.74 Å². The molecular formula is C16H16F16O3. The number of hydrogen-bond donors (Lipinski definition) is 1. The minimum absolute atomic E-state index is 0.214. The van der Waals surface area contributed by atoms with Crippen LogP contribution >= 0.6 is 0 Å². The van der Waals surface area contributed by atoms with E-state index in [0.717, 1.165) is 0 Å². The summed E-state index contributed by atoms with van der Waals surface area (Å²) in [5.41, 5.74) is 0. The molecular weight excluding hydrogens is 544 g/mol. The second kappa shape index (κ2) is 9.90. The monoisotopic (exact) mass is 560 g/mol. The third-order valence-electron chi connectivity index (χ3n) is 4.87. The number of alkyl halides is 16. The molecule has 1 N–H and O–H groups in total. The molecule has 1 saturated heterocycles. The fourth-order valence-electron chi connectivity index (χ4n) is 2.51. The fourth-order valence-corrected chi connectivity index (χ4v) is 2.51. The number of rotatable bonds is 15. The standard InChI is InChI=1S/C16H16F16O3/c17-9(18)11(21,22)13(25,26)15(29,30)16(31,32)14(27,28)12(23,24)10(19,20)3-1-2-7(4-33)34-5-8-6-35-8/h7-9,33H,1-6H2. The molecule has 0 aliphatic carbocycles. The molecule has 2 atom stereocenters. The van der Waals surface area contributed by atoms with E-state index < -0.39 is 86.0 Å². The van der Waals surface area contributed by atoms with Gasteiger partial charge in [-0.1, -0.05) is 0 Å². The maximum Gasteiger partial charge on any atom is 0.384 e. The summed E-state index contributed by atoms with van der Waals surface area (Å²) in [5.74, 6) is -54.4. The van der Waals surface area contributed by atoms with Gasteiger partial charge in [0.25, 0.3) is 0 Å². The van der Waals surface area contributed by atoms with Crippen LogP contribution in [0, 0.1) is 0 Å². The van der Waals surface area contributed by atoms with E-state index in [9.17, 15) is 70.2 Å². The van der Waals surface area contributed by atoms with Crippen molar-refractivity contribution in [3.63, 3.8) is 0 Å². The number of halogens is 16. The Hall–Kier alpha value is -1.24. The summed E-state index contributed by atoms with van der Waals surface area (Å²) in [5, 5.41) is 8.97. The minimum atomic E-state index is -8.39. The Bertz CT molecular complexity index is 707. The molecule has 1 aliphatic rings. The lowest BCUT2D eigenvalue weighted by atomic mass is 9.88. The van der Waals surface area contributed by atoms with Gasteiger partial charge in [0.05, 0.1) is 25.9 Å². The van der Waals surface area contributed by atoms with E-state index >= 15 is 0 Å². The summed E-state index contributed by atoms with van der Waals surface area (Å²) >= 11 is 0. The van der Waals surface area contributed by atoms with Crippen molar-refractivity contribution in [2.24, 2.45) is 0 Å². The molecule has 2 unspecified atom stereocenters. The van der Waals surface area contributed by atoms with Crippen LogP contribution in [0.5, 0.6) is 0 Å². The second-order valence-electron chi connectivity index (χ2n) is 7.49.